The van der Waals surface area contributed by atoms with Gasteiger partial charge in [0.1, 0.15) is 5.82 Å². The highest BCUT2D eigenvalue weighted by atomic mass is 35.5. The maximum atomic E-state index is 13.3. The number of halogens is 2. The van der Waals surface area contributed by atoms with Gasteiger partial charge in [-0.25, -0.2) is 12.8 Å². The molecule has 2 fully saturated rings. The maximum Gasteiger partial charge on any atom is 0.243 e. The third-order valence-corrected chi connectivity index (χ3v) is 7.13. The standard InChI is InChI=1S/C17H22ClFN2O4S/c1-17(10-25-11-17)9-20-16(22)12-4-6-21(7-5-12)26(23,24)13-2-3-15(19)14(18)8-13/h2-3,8,12H,4-7,9-11H2,1H3,(H,20,22). The smallest absolute Gasteiger partial charge is 0.243 e. The van der Waals surface area contributed by atoms with Gasteiger partial charge in [-0.15, -0.1) is 0 Å². The molecule has 9 heteroatoms. The lowest BCUT2D eigenvalue weighted by molar-refractivity contribution is -0.131. The normalized spacial score (nSPS) is 21.2. The summed E-state index contributed by atoms with van der Waals surface area (Å²) >= 11 is 5.69. The van der Waals surface area contributed by atoms with Crippen molar-refractivity contribution in [3.05, 3.63) is 29.0 Å². The molecular weight excluding hydrogens is 383 g/mol. The molecule has 0 bridgehead atoms. The number of sulfonamides is 1. The minimum atomic E-state index is -3.75. The molecular formula is C17H22ClFN2O4S. The summed E-state index contributed by atoms with van der Waals surface area (Å²) in [5.74, 6) is -0.908. The monoisotopic (exact) mass is 404 g/mol. The van der Waals surface area contributed by atoms with E-state index in [9.17, 15) is 17.6 Å². The fourth-order valence-corrected chi connectivity index (χ4v) is 4.88. The van der Waals surface area contributed by atoms with Gasteiger partial charge in [0.15, 0.2) is 0 Å². The van der Waals surface area contributed by atoms with Gasteiger partial charge in [0, 0.05) is 31.0 Å². The quantitative estimate of drug-likeness (QED) is 0.814. The second-order valence-electron chi connectivity index (χ2n) is 7.28. The first-order chi connectivity index (χ1) is 12.2. The van der Waals surface area contributed by atoms with Crippen LogP contribution in [0.15, 0.2) is 23.1 Å². The number of nitrogens with one attached hydrogen (secondary N) is 1. The van der Waals surface area contributed by atoms with Crippen LogP contribution in [-0.4, -0.2) is 51.5 Å². The average Bonchev–Trinajstić information content (AvgIpc) is 2.60. The number of carbonyl (C=O) groups excluding carboxylic acids is 1. The largest absolute Gasteiger partial charge is 0.380 e. The molecule has 1 amide bonds. The summed E-state index contributed by atoms with van der Waals surface area (Å²) in [4.78, 5) is 12.3. The van der Waals surface area contributed by atoms with Crippen molar-refractivity contribution in [3.8, 4) is 0 Å². The fraction of sp³-hybridized carbons (Fsp3) is 0.588. The number of hydrogen-bond acceptors (Lipinski definition) is 4. The van der Waals surface area contributed by atoms with Gasteiger partial charge >= 0.3 is 0 Å². The van der Waals surface area contributed by atoms with Crippen molar-refractivity contribution < 1.29 is 22.3 Å². The Bertz CT molecular complexity index is 790. The highest BCUT2D eigenvalue weighted by Crippen LogP contribution is 2.28. The molecule has 0 unspecified atom stereocenters. The lowest BCUT2D eigenvalue weighted by Gasteiger charge is -2.38. The average molecular weight is 405 g/mol. The van der Waals surface area contributed by atoms with Gasteiger partial charge in [0.25, 0.3) is 0 Å². The van der Waals surface area contributed by atoms with E-state index in [0.717, 1.165) is 12.1 Å². The van der Waals surface area contributed by atoms with Crippen LogP contribution in [0.2, 0.25) is 5.02 Å². The van der Waals surface area contributed by atoms with Crippen LogP contribution in [0.1, 0.15) is 19.8 Å². The summed E-state index contributed by atoms with van der Waals surface area (Å²) in [6.07, 6.45) is 0.903. The second kappa shape index (κ2) is 7.42. The zero-order valence-corrected chi connectivity index (χ0v) is 16.1. The Balaban J connectivity index is 1.57. The molecule has 0 aromatic heterocycles. The Morgan fingerprint density at radius 2 is 2.04 bits per heavy atom. The Hall–Kier alpha value is -1.22. The highest BCUT2D eigenvalue weighted by molar-refractivity contribution is 7.89. The van der Waals surface area contributed by atoms with E-state index in [2.05, 4.69) is 12.2 Å². The topological polar surface area (TPSA) is 75.7 Å². The predicted octanol–water partition coefficient (Wildman–Crippen LogP) is 2.03. The summed E-state index contributed by atoms with van der Waals surface area (Å²) in [6.45, 7) is 4.40. The third-order valence-electron chi connectivity index (χ3n) is 4.94. The molecule has 2 aliphatic rings. The number of carbonyl (C=O) groups is 1. The van der Waals surface area contributed by atoms with Crippen molar-refractivity contribution in [2.24, 2.45) is 11.3 Å². The van der Waals surface area contributed by atoms with Gasteiger partial charge in [-0.2, -0.15) is 4.31 Å². The Morgan fingerprint density at radius 3 is 2.58 bits per heavy atom. The van der Waals surface area contributed by atoms with Crippen LogP contribution in [0.4, 0.5) is 4.39 Å². The van der Waals surface area contributed by atoms with Gasteiger partial charge in [-0.05, 0) is 31.0 Å². The van der Waals surface area contributed by atoms with Crippen LogP contribution in [0.5, 0.6) is 0 Å². The number of nitrogens with zero attached hydrogens (tertiary/aromatic N) is 1. The lowest BCUT2D eigenvalue weighted by Crippen LogP contribution is -2.50. The number of ether oxygens (including phenoxy) is 1. The Kier molecular flexibility index (Phi) is 5.58. The summed E-state index contributed by atoms with van der Waals surface area (Å²) < 4.78 is 45.1. The van der Waals surface area contributed by atoms with Crippen molar-refractivity contribution in [2.75, 3.05) is 32.8 Å². The van der Waals surface area contributed by atoms with E-state index in [1.807, 2.05) is 0 Å². The van der Waals surface area contributed by atoms with Crippen LogP contribution in [0.25, 0.3) is 0 Å². The molecule has 2 heterocycles. The SMILES string of the molecule is CC1(CNC(=O)C2CCN(S(=O)(=O)c3ccc(F)c(Cl)c3)CC2)COC1. The molecule has 3 rings (SSSR count). The minimum Gasteiger partial charge on any atom is -0.380 e. The van der Waals surface area contributed by atoms with E-state index in [0.29, 0.717) is 32.6 Å². The molecule has 0 radical (unpaired) electrons. The first kappa shape index (κ1) is 19.5. The predicted molar refractivity (Wildman–Crippen MR) is 94.8 cm³/mol. The van der Waals surface area contributed by atoms with Crippen molar-refractivity contribution in [2.45, 2.75) is 24.7 Å². The summed E-state index contributed by atoms with van der Waals surface area (Å²) in [5, 5.41) is 2.72. The maximum absolute atomic E-state index is 13.3. The molecule has 144 valence electrons. The van der Waals surface area contributed by atoms with E-state index in [-0.39, 0.29) is 40.2 Å². The molecule has 26 heavy (non-hydrogen) atoms. The Labute approximate surface area is 157 Å². The third kappa shape index (κ3) is 4.03. The number of hydrogen-bond donors (Lipinski definition) is 1. The van der Waals surface area contributed by atoms with Crippen LogP contribution in [0.3, 0.4) is 0 Å². The molecule has 0 aliphatic carbocycles. The van der Waals surface area contributed by atoms with Crippen molar-refractivity contribution in [3.63, 3.8) is 0 Å². The molecule has 1 aromatic carbocycles. The van der Waals surface area contributed by atoms with Crippen LogP contribution >= 0.6 is 11.6 Å². The molecule has 0 spiro atoms. The molecule has 2 aliphatic heterocycles. The van der Waals surface area contributed by atoms with Crippen LogP contribution in [0, 0.1) is 17.2 Å². The second-order valence-corrected chi connectivity index (χ2v) is 9.62. The number of piperidine rings is 1. The van der Waals surface area contributed by atoms with Gasteiger partial charge in [0.05, 0.1) is 23.1 Å². The van der Waals surface area contributed by atoms with Crippen molar-refractivity contribution >= 4 is 27.5 Å². The van der Waals surface area contributed by atoms with E-state index in [1.54, 1.807) is 0 Å². The van der Waals surface area contributed by atoms with Crippen LogP contribution in [-0.2, 0) is 19.6 Å². The molecule has 2 saturated heterocycles. The lowest BCUT2D eigenvalue weighted by atomic mass is 9.88. The zero-order chi connectivity index (χ0) is 18.9. The van der Waals surface area contributed by atoms with Gasteiger partial charge in [0.2, 0.25) is 15.9 Å². The molecule has 0 atom stereocenters. The summed E-state index contributed by atoms with van der Waals surface area (Å²) in [6, 6.07) is 3.36. The summed E-state index contributed by atoms with van der Waals surface area (Å²) in [5.41, 5.74) is 0.00154. The van der Waals surface area contributed by atoms with Gasteiger partial charge in [-0.3, -0.25) is 4.79 Å². The first-order valence-electron chi connectivity index (χ1n) is 8.52. The van der Waals surface area contributed by atoms with Crippen LogP contribution < -0.4 is 5.32 Å². The number of rotatable bonds is 5. The summed E-state index contributed by atoms with van der Waals surface area (Å²) in [7, 11) is -3.75. The van der Waals surface area contributed by atoms with Gasteiger partial charge < -0.3 is 10.1 Å². The number of amides is 1. The zero-order valence-electron chi connectivity index (χ0n) is 14.5. The van der Waals surface area contributed by atoms with E-state index < -0.39 is 15.8 Å². The van der Waals surface area contributed by atoms with E-state index in [1.165, 1.54) is 10.4 Å². The van der Waals surface area contributed by atoms with Gasteiger partial charge in [-0.1, -0.05) is 18.5 Å². The first-order valence-corrected chi connectivity index (χ1v) is 10.3. The number of benzene rings is 1. The minimum absolute atomic E-state index is 0.00154. The molecule has 1 N–H and O–H groups in total. The molecule has 1 aromatic rings. The molecule has 0 saturated carbocycles. The highest BCUT2D eigenvalue weighted by Gasteiger charge is 2.36. The fourth-order valence-electron chi connectivity index (χ4n) is 3.14. The van der Waals surface area contributed by atoms with Crippen molar-refractivity contribution in [1.29, 1.82) is 0 Å². The van der Waals surface area contributed by atoms with E-state index in [4.69, 9.17) is 16.3 Å². The van der Waals surface area contributed by atoms with E-state index >= 15 is 0 Å². The molecule has 6 nitrogen and oxygen atoms in total. The Morgan fingerprint density at radius 1 is 1.38 bits per heavy atom. The van der Waals surface area contributed by atoms with Crippen molar-refractivity contribution in [1.82, 2.24) is 9.62 Å².